The summed E-state index contributed by atoms with van der Waals surface area (Å²) in [6, 6.07) is 7.44. The zero-order valence-electron chi connectivity index (χ0n) is 10.3. The van der Waals surface area contributed by atoms with Crippen molar-refractivity contribution in [1.29, 1.82) is 0 Å². The Morgan fingerprint density at radius 1 is 1.22 bits per heavy atom. The molecule has 0 saturated carbocycles. The van der Waals surface area contributed by atoms with Crippen LogP contribution in [0.25, 0.3) is 0 Å². The Balaban J connectivity index is 0.00000162. The van der Waals surface area contributed by atoms with E-state index in [9.17, 15) is 8.42 Å². The summed E-state index contributed by atoms with van der Waals surface area (Å²) in [5.74, 6) is 0. The minimum atomic E-state index is -3.25. The third kappa shape index (κ3) is 3.60. The van der Waals surface area contributed by atoms with Gasteiger partial charge < -0.3 is 5.32 Å². The smallest absolute Gasteiger partial charge is 0.235 e. The molecule has 6 heteroatoms. The fraction of sp³-hybridized carbons (Fsp3) is 0.500. The van der Waals surface area contributed by atoms with E-state index in [1.807, 2.05) is 25.1 Å². The topological polar surface area (TPSA) is 58.2 Å². The highest BCUT2D eigenvalue weighted by Crippen LogP contribution is 2.20. The lowest BCUT2D eigenvalue weighted by Crippen LogP contribution is -2.38. The first-order valence-corrected chi connectivity index (χ1v) is 7.42. The number of hydrogen-bond acceptors (Lipinski definition) is 3. The Morgan fingerprint density at radius 2 is 1.83 bits per heavy atom. The van der Waals surface area contributed by atoms with E-state index in [0.29, 0.717) is 18.5 Å². The largest absolute Gasteiger partial charge is 0.317 e. The quantitative estimate of drug-likeness (QED) is 0.894. The molecule has 1 heterocycles. The van der Waals surface area contributed by atoms with Crippen LogP contribution >= 0.6 is 12.4 Å². The molecule has 2 N–H and O–H groups in total. The number of halogens is 1. The average molecular weight is 291 g/mol. The second kappa shape index (κ2) is 6.41. The summed E-state index contributed by atoms with van der Waals surface area (Å²) in [7, 11) is -3.25. The molecule has 0 radical (unpaired) electrons. The molecule has 0 aromatic heterocycles. The normalized spacial score (nSPS) is 16.9. The summed E-state index contributed by atoms with van der Waals surface area (Å²) in [6.07, 6.45) is 1.36. The molecule has 1 aliphatic heterocycles. The van der Waals surface area contributed by atoms with Crippen molar-refractivity contribution in [1.82, 2.24) is 5.32 Å². The van der Waals surface area contributed by atoms with E-state index in [4.69, 9.17) is 0 Å². The SMILES string of the molecule is Cc1ccccc1NS(=O)(=O)C1CCNCC1.Cl. The number of nitrogens with one attached hydrogen (secondary N) is 2. The first kappa shape index (κ1) is 15.3. The molecule has 1 aliphatic rings. The molecule has 0 atom stereocenters. The lowest BCUT2D eigenvalue weighted by atomic mass is 10.2. The van der Waals surface area contributed by atoms with E-state index in [1.54, 1.807) is 6.07 Å². The molecule has 0 unspecified atom stereocenters. The minimum absolute atomic E-state index is 0. The van der Waals surface area contributed by atoms with Crippen molar-refractivity contribution < 1.29 is 8.42 Å². The molecule has 0 aliphatic carbocycles. The van der Waals surface area contributed by atoms with Crippen LogP contribution in [-0.4, -0.2) is 26.8 Å². The van der Waals surface area contributed by atoms with Crippen LogP contribution in [0.4, 0.5) is 5.69 Å². The van der Waals surface area contributed by atoms with Crippen LogP contribution in [0.5, 0.6) is 0 Å². The van der Waals surface area contributed by atoms with Crippen molar-refractivity contribution >= 4 is 28.1 Å². The molecule has 4 nitrogen and oxygen atoms in total. The van der Waals surface area contributed by atoms with Crippen LogP contribution in [0.2, 0.25) is 0 Å². The number of para-hydroxylation sites is 1. The van der Waals surface area contributed by atoms with Gasteiger partial charge in [0.1, 0.15) is 0 Å². The maximum atomic E-state index is 12.2. The van der Waals surface area contributed by atoms with Gasteiger partial charge in [-0.15, -0.1) is 12.4 Å². The monoisotopic (exact) mass is 290 g/mol. The van der Waals surface area contributed by atoms with Crippen LogP contribution in [0.15, 0.2) is 24.3 Å². The maximum absolute atomic E-state index is 12.2. The van der Waals surface area contributed by atoms with Crippen molar-refractivity contribution in [2.75, 3.05) is 17.8 Å². The van der Waals surface area contributed by atoms with E-state index in [0.717, 1.165) is 18.7 Å². The van der Waals surface area contributed by atoms with E-state index in [1.165, 1.54) is 0 Å². The third-order valence-corrected chi connectivity index (χ3v) is 4.98. The van der Waals surface area contributed by atoms with Gasteiger partial charge in [-0.25, -0.2) is 8.42 Å². The van der Waals surface area contributed by atoms with Crippen LogP contribution in [-0.2, 0) is 10.0 Å². The van der Waals surface area contributed by atoms with Crippen LogP contribution < -0.4 is 10.0 Å². The van der Waals surface area contributed by atoms with E-state index >= 15 is 0 Å². The van der Waals surface area contributed by atoms with E-state index in [-0.39, 0.29) is 17.7 Å². The average Bonchev–Trinajstić information content (AvgIpc) is 2.33. The Labute approximate surface area is 115 Å². The molecule has 1 aromatic carbocycles. The predicted molar refractivity (Wildman–Crippen MR) is 76.9 cm³/mol. The molecule has 1 fully saturated rings. The molecule has 18 heavy (non-hydrogen) atoms. The van der Waals surface area contributed by atoms with Crippen molar-refractivity contribution in [3.63, 3.8) is 0 Å². The van der Waals surface area contributed by atoms with Crippen molar-refractivity contribution in [2.45, 2.75) is 25.0 Å². The van der Waals surface area contributed by atoms with Gasteiger partial charge >= 0.3 is 0 Å². The number of aryl methyl sites for hydroxylation is 1. The van der Waals surface area contributed by atoms with Gasteiger partial charge in [-0.05, 0) is 44.5 Å². The Morgan fingerprint density at radius 3 is 2.44 bits per heavy atom. The van der Waals surface area contributed by atoms with Crippen LogP contribution in [0, 0.1) is 6.92 Å². The third-order valence-electron chi connectivity index (χ3n) is 3.12. The first-order chi connectivity index (χ1) is 8.09. The van der Waals surface area contributed by atoms with Gasteiger partial charge in [0.25, 0.3) is 0 Å². The molecule has 1 aromatic rings. The first-order valence-electron chi connectivity index (χ1n) is 5.87. The molecular weight excluding hydrogens is 272 g/mol. The van der Waals surface area contributed by atoms with E-state index in [2.05, 4.69) is 10.0 Å². The van der Waals surface area contributed by atoms with Gasteiger partial charge in [-0.2, -0.15) is 0 Å². The van der Waals surface area contributed by atoms with Gasteiger partial charge in [0.05, 0.1) is 10.9 Å². The van der Waals surface area contributed by atoms with Crippen LogP contribution in [0.3, 0.4) is 0 Å². The summed E-state index contributed by atoms with van der Waals surface area (Å²) in [5, 5.41) is 2.90. The highest BCUT2D eigenvalue weighted by molar-refractivity contribution is 7.93. The lowest BCUT2D eigenvalue weighted by molar-refractivity contribution is 0.499. The second-order valence-corrected chi connectivity index (χ2v) is 6.37. The molecule has 0 bridgehead atoms. The lowest BCUT2D eigenvalue weighted by Gasteiger charge is -2.23. The molecule has 2 rings (SSSR count). The summed E-state index contributed by atoms with van der Waals surface area (Å²) >= 11 is 0. The van der Waals surface area contributed by atoms with E-state index < -0.39 is 10.0 Å². The van der Waals surface area contributed by atoms with Crippen molar-refractivity contribution in [3.8, 4) is 0 Å². The Bertz CT molecular complexity index is 485. The molecule has 1 saturated heterocycles. The number of hydrogen-bond donors (Lipinski definition) is 2. The molecule has 0 spiro atoms. The van der Waals surface area contributed by atoms with Gasteiger partial charge in [0.15, 0.2) is 0 Å². The predicted octanol–water partition coefficient (Wildman–Crippen LogP) is 1.91. The molecule has 0 amide bonds. The number of anilines is 1. The van der Waals surface area contributed by atoms with Gasteiger partial charge in [-0.3, -0.25) is 4.72 Å². The molecular formula is C12H19ClN2O2S. The second-order valence-electron chi connectivity index (χ2n) is 4.41. The maximum Gasteiger partial charge on any atom is 0.235 e. The minimum Gasteiger partial charge on any atom is -0.317 e. The fourth-order valence-electron chi connectivity index (χ4n) is 2.03. The summed E-state index contributed by atoms with van der Waals surface area (Å²) in [5.41, 5.74) is 1.64. The highest BCUT2D eigenvalue weighted by Gasteiger charge is 2.27. The standard InChI is InChI=1S/C12H18N2O2S.ClH/c1-10-4-2-3-5-12(10)14-17(15,16)11-6-8-13-9-7-11;/h2-5,11,13-14H,6-9H2,1H3;1H. The number of sulfonamides is 1. The fourth-order valence-corrected chi connectivity index (χ4v) is 3.59. The summed E-state index contributed by atoms with van der Waals surface area (Å²) in [6.45, 7) is 3.46. The van der Waals surface area contributed by atoms with Crippen LogP contribution in [0.1, 0.15) is 18.4 Å². The highest BCUT2D eigenvalue weighted by atomic mass is 35.5. The number of piperidine rings is 1. The van der Waals surface area contributed by atoms with Crippen molar-refractivity contribution in [2.24, 2.45) is 0 Å². The molecule has 102 valence electrons. The summed E-state index contributed by atoms with van der Waals surface area (Å²) in [4.78, 5) is 0. The number of rotatable bonds is 3. The Kier molecular flexibility index (Phi) is 5.44. The van der Waals surface area contributed by atoms with Gasteiger partial charge in [-0.1, -0.05) is 18.2 Å². The van der Waals surface area contributed by atoms with Crippen molar-refractivity contribution in [3.05, 3.63) is 29.8 Å². The summed E-state index contributed by atoms with van der Waals surface area (Å²) < 4.78 is 27.0. The Hall–Kier alpha value is -0.780. The zero-order valence-corrected chi connectivity index (χ0v) is 12.0. The number of benzene rings is 1. The van der Waals surface area contributed by atoms with Gasteiger partial charge in [0, 0.05) is 0 Å². The zero-order chi connectivity index (χ0) is 12.3. The van der Waals surface area contributed by atoms with Gasteiger partial charge in [0.2, 0.25) is 10.0 Å².